The van der Waals surface area contributed by atoms with Gasteiger partial charge in [0.05, 0.1) is 0 Å². The Kier molecular flexibility index (Phi) is 5.11. The molecule has 4 nitrogen and oxygen atoms in total. The van der Waals surface area contributed by atoms with Crippen LogP contribution < -0.4 is 10.6 Å². The number of amides is 1. The number of hydrogen-bond donors (Lipinski definition) is 2. The number of hydrogen-bond acceptors (Lipinski definition) is 3. The average Bonchev–Trinajstić information content (AvgIpc) is 3.11. The number of benzene rings is 1. The van der Waals surface area contributed by atoms with Gasteiger partial charge in [0.2, 0.25) is 5.91 Å². The van der Waals surface area contributed by atoms with E-state index in [0.29, 0.717) is 24.5 Å². The van der Waals surface area contributed by atoms with Crippen LogP contribution in [0.4, 0.5) is 0 Å². The first-order chi connectivity index (χ1) is 10.7. The summed E-state index contributed by atoms with van der Waals surface area (Å²) in [6.07, 6.45) is 4.01. The smallest absolute Gasteiger partial charge is 0.221 e. The second-order valence-corrected chi connectivity index (χ2v) is 6.76. The van der Waals surface area contributed by atoms with Crippen molar-refractivity contribution in [2.75, 3.05) is 13.1 Å². The molecule has 0 radical (unpaired) electrons. The average molecular weight is 301 g/mol. The van der Waals surface area contributed by atoms with Crippen molar-refractivity contribution in [3.8, 4) is 0 Å². The third-order valence-corrected chi connectivity index (χ3v) is 4.89. The van der Waals surface area contributed by atoms with Gasteiger partial charge in [-0.15, -0.1) is 0 Å². The van der Waals surface area contributed by atoms with Gasteiger partial charge in [0.1, 0.15) is 0 Å². The monoisotopic (exact) mass is 301 g/mol. The van der Waals surface area contributed by atoms with E-state index in [4.69, 9.17) is 0 Å². The number of nitrogens with zero attached hydrogens (tertiary/aromatic N) is 1. The molecule has 22 heavy (non-hydrogen) atoms. The quantitative estimate of drug-likeness (QED) is 0.873. The molecular weight excluding hydrogens is 274 g/mol. The fourth-order valence-corrected chi connectivity index (χ4v) is 3.68. The maximum absolute atomic E-state index is 12.2. The van der Waals surface area contributed by atoms with E-state index in [-0.39, 0.29) is 5.91 Å². The van der Waals surface area contributed by atoms with Crippen LogP contribution in [0.3, 0.4) is 0 Å². The lowest BCUT2D eigenvalue weighted by Crippen LogP contribution is -2.39. The molecule has 0 aromatic heterocycles. The molecule has 2 heterocycles. The Balaban J connectivity index is 1.46. The van der Waals surface area contributed by atoms with Crippen LogP contribution in [0, 0.1) is 0 Å². The largest absolute Gasteiger partial charge is 0.352 e. The molecule has 0 saturated carbocycles. The van der Waals surface area contributed by atoms with Gasteiger partial charge in [-0.25, -0.2) is 0 Å². The molecule has 3 unspecified atom stereocenters. The molecule has 3 atom stereocenters. The van der Waals surface area contributed by atoms with E-state index < -0.39 is 0 Å². The van der Waals surface area contributed by atoms with Gasteiger partial charge < -0.3 is 10.6 Å². The zero-order chi connectivity index (χ0) is 15.4. The van der Waals surface area contributed by atoms with Crippen LogP contribution in [-0.4, -0.2) is 42.0 Å². The fraction of sp³-hybridized carbons (Fsp3) is 0.611. The Morgan fingerprint density at radius 1 is 1.36 bits per heavy atom. The lowest BCUT2D eigenvalue weighted by molar-refractivity contribution is -0.122. The molecule has 120 valence electrons. The summed E-state index contributed by atoms with van der Waals surface area (Å²) in [5.41, 5.74) is 1.34. The summed E-state index contributed by atoms with van der Waals surface area (Å²) in [4.78, 5) is 14.6. The summed E-state index contributed by atoms with van der Waals surface area (Å²) in [7, 11) is 0. The van der Waals surface area contributed by atoms with Crippen LogP contribution in [0.1, 0.15) is 38.2 Å². The van der Waals surface area contributed by atoms with Gasteiger partial charge in [0.25, 0.3) is 0 Å². The molecule has 1 amide bonds. The third kappa shape index (κ3) is 4.08. The number of rotatable bonds is 5. The highest BCUT2D eigenvalue weighted by molar-refractivity contribution is 5.77. The summed E-state index contributed by atoms with van der Waals surface area (Å²) in [5.74, 6) is 0.207. The van der Waals surface area contributed by atoms with Crippen molar-refractivity contribution in [2.24, 2.45) is 0 Å². The topological polar surface area (TPSA) is 44.4 Å². The van der Waals surface area contributed by atoms with Gasteiger partial charge >= 0.3 is 0 Å². The summed E-state index contributed by atoms with van der Waals surface area (Å²) >= 11 is 0. The van der Waals surface area contributed by atoms with Crippen LogP contribution in [0.5, 0.6) is 0 Å². The number of likely N-dealkylation sites (tertiary alicyclic amines) is 1. The van der Waals surface area contributed by atoms with Crippen LogP contribution in [0.15, 0.2) is 30.3 Å². The Morgan fingerprint density at radius 3 is 2.91 bits per heavy atom. The molecule has 0 aliphatic carbocycles. The number of carbonyl (C=O) groups excluding carboxylic acids is 1. The van der Waals surface area contributed by atoms with Crippen LogP contribution in [0.2, 0.25) is 0 Å². The molecule has 0 spiro atoms. The van der Waals surface area contributed by atoms with E-state index in [0.717, 1.165) is 32.5 Å². The minimum Gasteiger partial charge on any atom is -0.352 e. The molecule has 1 aromatic rings. The maximum atomic E-state index is 12.2. The van der Waals surface area contributed by atoms with Crippen molar-refractivity contribution in [3.63, 3.8) is 0 Å². The molecular formula is C18H27N3O. The molecule has 1 aromatic carbocycles. The Bertz CT molecular complexity index is 484. The van der Waals surface area contributed by atoms with Crippen molar-refractivity contribution >= 4 is 5.91 Å². The van der Waals surface area contributed by atoms with Crippen molar-refractivity contribution in [3.05, 3.63) is 35.9 Å². The summed E-state index contributed by atoms with van der Waals surface area (Å²) in [6.45, 7) is 5.25. The first kappa shape index (κ1) is 15.5. The van der Waals surface area contributed by atoms with Crippen molar-refractivity contribution in [1.29, 1.82) is 0 Å². The van der Waals surface area contributed by atoms with Crippen molar-refractivity contribution < 1.29 is 4.79 Å². The second kappa shape index (κ2) is 7.25. The zero-order valence-corrected chi connectivity index (χ0v) is 13.4. The van der Waals surface area contributed by atoms with Crippen LogP contribution >= 0.6 is 0 Å². The molecule has 2 N–H and O–H groups in total. The van der Waals surface area contributed by atoms with Gasteiger partial charge in [0, 0.05) is 37.6 Å². The number of nitrogens with one attached hydrogen (secondary N) is 2. The zero-order valence-electron chi connectivity index (χ0n) is 13.4. The number of carbonyl (C=O) groups is 1. The SMILES string of the molecule is CC1CC(NC(=O)CC2CCCN2)CN1Cc1ccccc1. The molecule has 2 aliphatic rings. The predicted molar refractivity (Wildman–Crippen MR) is 88.5 cm³/mol. The summed E-state index contributed by atoms with van der Waals surface area (Å²) in [5, 5.41) is 6.62. The Hall–Kier alpha value is -1.39. The minimum absolute atomic E-state index is 0.207. The molecule has 2 fully saturated rings. The molecule has 2 saturated heterocycles. The van der Waals surface area contributed by atoms with Crippen molar-refractivity contribution in [1.82, 2.24) is 15.5 Å². The normalized spacial score (nSPS) is 28.9. The first-order valence-corrected chi connectivity index (χ1v) is 8.51. The van der Waals surface area contributed by atoms with Crippen LogP contribution in [0.25, 0.3) is 0 Å². The van der Waals surface area contributed by atoms with E-state index in [1.54, 1.807) is 0 Å². The fourth-order valence-electron chi connectivity index (χ4n) is 3.68. The van der Waals surface area contributed by atoms with Crippen molar-refractivity contribution in [2.45, 2.75) is 57.3 Å². The van der Waals surface area contributed by atoms with E-state index >= 15 is 0 Å². The van der Waals surface area contributed by atoms with Gasteiger partial charge in [-0.05, 0) is 38.3 Å². The Labute approximate surface area is 133 Å². The third-order valence-electron chi connectivity index (χ3n) is 4.89. The van der Waals surface area contributed by atoms with Gasteiger partial charge in [-0.2, -0.15) is 0 Å². The molecule has 2 aliphatic heterocycles. The first-order valence-electron chi connectivity index (χ1n) is 8.51. The van der Waals surface area contributed by atoms with E-state index in [1.807, 2.05) is 0 Å². The second-order valence-electron chi connectivity index (χ2n) is 6.76. The maximum Gasteiger partial charge on any atom is 0.221 e. The minimum atomic E-state index is 0.207. The summed E-state index contributed by atoms with van der Waals surface area (Å²) < 4.78 is 0. The van der Waals surface area contributed by atoms with Gasteiger partial charge in [-0.1, -0.05) is 30.3 Å². The van der Waals surface area contributed by atoms with Gasteiger partial charge in [-0.3, -0.25) is 9.69 Å². The summed E-state index contributed by atoms with van der Waals surface area (Å²) in [6, 6.07) is 11.8. The standard InChI is InChI=1S/C18H27N3O/c1-14-10-17(20-18(22)11-16-8-5-9-19-16)13-21(14)12-15-6-3-2-4-7-15/h2-4,6-7,14,16-17,19H,5,8-13H2,1H3,(H,20,22). The van der Waals surface area contributed by atoms with E-state index in [1.165, 1.54) is 12.0 Å². The highest BCUT2D eigenvalue weighted by Crippen LogP contribution is 2.20. The Morgan fingerprint density at radius 2 is 2.18 bits per heavy atom. The molecule has 3 rings (SSSR count). The van der Waals surface area contributed by atoms with Crippen LogP contribution in [-0.2, 0) is 11.3 Å². The predicted octanol–water partition coefficient (Wildman–Crippen LogP) is 1.91. The van der Waals surface area contributed by atoms with Gasteiger partial charge in [0.15, 0.2) is 0 Å². The van der Waals surface area contributed by atoms with E-state index in [9.17, 15) is 4.79 Å². The molecule has 4 heteroatoms. The molecule has 0 bridgehead atoms. The highest BCUT2D eigenvalue weighted by Gasteiger charge is 2.30. The lowest BCUT2D eigenvalue weighted by Gasteiger charge is -2.21. The van der Waals surface area contributed by atoms with E-state index in [2.05, 4.69) is 52.8 Å². The lowest BCUT2D eigenvalue weighted by atomic mass is 10.1. The highest BCUT2D eigenvalue weighted by atomic mass is 16.1.